The number of nitrogens with zero attached hydrogens (tertiary/aromatic N) is 2. The minimum Gasteiger partial charge on any atom is -0.329 e. The molecule has 1 fully saturated rings. The largest absolute Gasteiger partial charge is 0.329 e. The maximum atomic E-state index is 13.1. The molecule has 0 spiro atoms. The molecule has 1 aliphatic heterocycles. The number of benzene rings is 2. The summed E-state index contributed by atoms with van der Waals surface area (Å²) in [5, 5.41) is 2.84. The molecular weight excluding hydrogens is 414 g/mol. The second kappa shape index (κ2) is 10.1. The molecule has 1 aliphatic rings. The number of aryl methyl sites for hydroxylation is 1. The molecule has 0 saturated carbocycles. The van der Waals surface area contributed by atoms with E-state index in [0.29, 0.717) is 31.7 Å². The lowest BCUT2D eigenvalue weighted by molar-refractivity contribution is -0.116. The van der Waals surface area contributed by atoms with Gasteiger partial charge < -0.3 is 10.2 Å². The van der Waals surface area contributed by atoms with E-state index in [-0.39, 0.29) is 28.8 Å². The van der Waals surface area contributed by atoms with Gasteiger partial charge in [0, 0.05) is 30.9 Å². The maximum Gasteiger partial charge on any atom is 0.254 e. The van der Waals surface area contributed by atoms with E-state index in [0.717, 1.165) is 18.4 Å². The fourth-order valence-corrected chi connectivity index (χ4v) is 5.21. The first-order chi connectivity index (χ1) is 14.8. The summed E-state index contributed by atoms with van der Waals surface area (Å²) in [5.41, 5.74) is 1.90. The zero-order valence-corrected chi connectivity index (χ0v) is 18.8. The minimum absolute atomic E-state index is 0.107. The smallest absolute Gasteiger partial charge is 0.254 e. The first kappa shape index (κ1) is 23.0. The molecule has 2 amide bonds. The Hall–Kier alpha value is -2.71. The van der Waals surface area contributed by atoms with Crippen LogP contribution in [0.1, 0.15) is 42.1 Å². The van der Waals surface area contributed by atoms with Crippen molar-refractivity contribution in [1.29, 1.82) is 0 Å². The Morgan fingerprint density at radius 2 is 1.77 bits per heavy atom. The molecule has 8 heteroatoms. The highest BCUT2D eigenvalue weighted by atomic mass is 32.2. The van der Waals surface area contributed by atoms with E-state index >= 15 is 0 Å². The Kier molecular flexibility index (Phi) is 7.46. The van der Waals surface area contributed by atoms with Crippen LogP contribution >= 0.6 is 0 Å². The molecule has 0 radical (unpaired) electrons. The topological polar surface area (TPSA) is 86.8 Å². The molecule has 3 rings (SSSR count). The van der Waals surface area contributed by atoms with E-state index in [1.807, 2.05) is 38.1 Å². The van der Waals surface area contributed by atoms with Gasteiger partial charge in [-0.2, -0.15) is 4.31 Å². The lowest BCUT2D eigenvalue weighted by Gasteiger charge is -2.22. The molecule has 0 aliphatic carbocycles. The predicted octanol–water partition coefficient (Wildman–Crippen LogP) is 3.27. The Morgan fingerprint density at radius 1 is 1.06 bits per heavy atom. The summed E-state index contributed by atoms with van der Waals surface area (Å²) in [5.74, 6) is -0.655. The molecule has 0 atom stereocenters. The number of anilines is 1. The van der Waals surface area contributed by atoms with Gasteiger partial charge in [-0.25, -0.2) is 8.42 Å². The van der Waals surface area contributed by atoms with Crippen molar-refractivity contribution in [2.45, 2.75) is 38.0 Å². The Balaban J connectivity index is 1.77. The summed E-state index contributed by atoms with van der Waals surface area (Å²) in [6, 6.07) is 13.5. The molecular formula is C23H29N3O4S. The molecule has 31 heavy (non-hydrogen) atoms. The number of carbonyl (C=O) groups excluding carboxylic acids is 2. The normalized spacial score (nSPS) is 14.4. The van der Waals surface area contributed by atoms with Crippen LogP contribution in [-0.4, -0.2) is 55.6 Å². The van der Waals surface area contributed by atoms with E-state index in [1.54, 1.807) is 12.1 Å². The number of para-hydroxylation sites is 1. The SMILES string of the molecule is CCCN(CC(=O)Nc1ccccc1C)C(=O)c1cccc(S(=O)(=O)N2CCCC2)c1. The monoisotopic (exact) mass is 443 g/mol. The first-order valence-corrected chi connectivity index (χ1v) is 12.0. The number of hydrogen-bond donors (Lipinski definition) is 1. The van der Waals surface area contributed by atoms with Crippen molar-refractivity contribution in [3.63, 3.8) is 0 Å². The highest BCUT2D eigenvalue weighted by Crippen LogP contribution is 2.22. The van der Waals surface area contributed by atoms with Crippen molar-refractivity contribution in [2.24, 2.45) is 0 Å². The van der Waals surface area contributed by atoms with Crippen LogP contribution < -0.4 is 5.32 Å². The quantitative estimate of drug-likeness (QED) is 0.678. The summed E-state index contributed by atoms with van der Waals surface area (Å²) >= 11 is 0. The first-order valence-electron chi connectivity index (χ1n) is 10.6. The number of hydrogen-bond acceptors (Lipinski definition) is 4. The molecule has 0 aromatic heterocycles. The van der Waals surface area contributed by atoms with Gasteiger partial charge in [0.1, 0.15) is 6.54 Å². The van der Waals surface area contributed by atoms with E-state index < -0.39 is 10.0 Å². The van der Waals surface area contributed by atoms with Gasteiger partial charge in [-0.3, -0.25) is 9.59 Å². The average molecular weight is 444 g/mol. The Morgan fingerprint density at radius 3 is 2.45 bits per heavy atom. The van der Waals surface area contributed by atoms with Crippen molar-refractivity contribution in [2.75, 3.05) is 31.5 Å². The summed E-state index contributed by atoms with van der Waals surface area (Å²) < 4.78 is 27.2. The van der Waals surface area contributed by atoms with E-state index in [4.69, 9.17) is 0 Å². The van der Waals surface area contributed by atoms with Gasteiger partial charge in [-0.15, -0.1) is 0 Å². The van der Waals surface area contributed by atoms with Gasteiger partial charge >= 0.3 is 0 Å². The third-order valence-corrected chi connectivity index (χ3v) is 7.21. The molecule has 166 valence electrons. The molecule has 1 heterocycles. The summed E-state index contributed by atoms with van der Waals surface area (Å²) in [4.78, 5) is 27.3. The van der Waals surface area contributed by atoms with Crippen LogP contribution in [0.4, 0.5) is 5.69 Å². The molecule has 2 aromatic rings. The van der Waals surface area contributed by atoms with Crippen LogP contribution in [0.5, 0.6) is 0 Å². The van der Waals surface area contributed by atoms with Gasteiger partial charge in [-0.05, 0) is 56.0 Å². The van der Waals surface area contributed by atoms with Gasteiger partial charge in [0.05, 0.1) is 4.90 Å². The second-order valence-corrected chi connectivity index (χ2v) is 9.67. The fraction of sp³-hybridized carbons (Fsp3) is 0.391. The van der Waals surface area contributed by atoms with E-state index in [1.165, 1.54) is 21.3 Å². The number of carbonyl (C=O) groups is 2. The summed E-state index contributed by atoms with van der Waals surface area (Å²) in [6.45, 7) is 5.11. The molecule has 1 N–H and O–H groups in total. The standard InChI is InChI=1S/C23H29N3O4S/c1-3-13-25(17-22(27)24-21-12-5-4-9-18(21)2)23(28)19-10-8-11-20(16-19)31(29,30)26-14-6-7-15-26/h4-5,8-12,16H,3,6-7,13-15,17H2,1-2H3,(H,24,27). The van der Waals surface area contributed by atoms with Crippen LogP contribution in [0.3, 0.4) is 0 Å². The number of amides is 2. The summed E-state index contributed by atoms with van der Waals surface area (Å²) in [6.07, 6.45) is 2.37. The van der Waals surface area contributed by atoms with Gasteiger partial charge in [-0.1, -0.05) is 31.2 Å². The van der Waals surface area contributed by atoms with E-state index in [9.17, 15) is 18.0 Å². The lowest BCUT2D eigenvalue weighted by Crippen LogP contribution is -2.38. The van der Waals surface area contributed by atoms with Crippen LogP contribution in [0.2, 0.25) is 0 Å². The third-order valence-electron chi connectivity index (χ3n) is 5.32. The van der Waals surface area contributed by atoms with Crippen LogP contribution in [0.15, 0.2) is 53.4 Å². The van der Waals surface area contributed by atoms with Crippen molar-refractivity contribution < 1.29 is 18.0 Å². The fourth-order valence-electron chi connectivity index (χ4n) is 3.65. The maximum absolute atomic E-state index is 13.1. The third kappa shape index (κ3) is 5.51. The lowest BCUT2D eigenvalue weighted by atomic mass is 10.2. The zero-order valence-electron chi connectivity index (χ0n) is 18.0. The molecule has 0 unspecified atom stereocenters. The zero-order chi connectivity index (χ0) is 22.4. The van der Waals surface area contributed by atoms with Gasteiger partial charge in [0.2, 0.25) is 15.9 Å². The van der Waals surface area contributed by atoms with Crippen LogP contribution in [0.25, 0.3) is 0 Å². The number of nitrogens with one attached hydrogen (secondary N) is 1. The highest BCUT2D eigenvalue weighted by molar-refractivity contribution is 7.89. The summed E-state index contributed by atoms with van der Waals surface area (Å²) in [7, 11) is -3.62. The minimum atomic E-state index is -3.62. The van der Waals surface area contributed by atoms with E-state index in [2.05, 4.69) is 5.32 Å². The molecule has 0 bridgehead atoms. The van der Waals surface area contributed by atoms with Crippen molar-refractivity contribution in [3.8, 4) is 0 Å². The molecule has 7 nitrogen and oxygen atoms in total. The molecule has 2 aromatic carbocycles. The van der Waals surface area contributed by atoms with Gasteiger partial charge in [0.15, 0.2) is 0 Å². The van der Waals surface area contributed by atoms with Crippen molar-refractivity contribution in [1.82, 2.24) is 9.21 Å². The second-order valence-electron chi connectivity index (χ2n) is 7.73. The number of sulfonamides is 1. The number of rotatable bonds is 8. The van der Waals surface area contributed by atoms with Crippen molar-refractivity contribution >= 4 is 27.5 Å². The molecule has 1 saturated heterocycles. The average Bonchev–Trinajstić information content (AvgIpc) is 3.30. The Labute approximate surface area is 184 Å². The highest BCUT2D eigenvalue weighted by Gasteiger charge is 2.28. The Bertz CT molecular complexity index is 1050. The van der Waals surface area contributed by atoms with Crippen LogP contribution in [-0.2, 0) is 14.8 Å². The van der Waals surface area contributed by atoms with Crippen LogP contribution in [0, 0.1) is 6.92 Å². The predicted molar refractivity (Wildman–Crippen MR) is 120 cm³/mol. The van der Waals surface area contributed by atoms with Gasteiger partial charge in [0.25, 0.3) is 5.91 Å². The van der Waals surface area contributed by atoms with Crippen molar-refractivity contribution in [3.05, 3.63) is 59.7 Å².